The minimum absolute atomic E-state index is 0.149. The van der Waals surface area contributed by atoms with Gasteiger partial charge in [-0.3, -0.25) is 4.79 Å². The molecule has 0 spiro atoms. The van der Waals surface area contributed by atoms with Crippen LogP contribution in [0, 0.1) is 11.8 Å². The molecule has 1 aliphatic carbocycles. The Morgan fingerprint density at radius 3 is 2.79 bits per heavy atom. The first-order valence-corrected chi connectivity index (χ1v) is 5.96. The summed E-state index contributed by atoms with van der Waals surface area (Å²) in [6, 6.07) is 0. The van der Waals surface area contributed by atoms with E-state index in [2.05, 4.69) is 12.2 Å². The third-order valence-electron chi connectivity index (χ3n) is 3.04. The van der Waals surface area contributed by atoms with Gasteiger partial charge in [0.05, 0.1) is 0 Å². The van der Waals surface area contributed by atoms with Crippen molar-refractivity contribution in [3.63, 3.8) is 0 Å². The molecule has 0 heterocycles. The van der Waals surface area contributed by atoms with E-state index in [1.54, 1.807) is 0 Å². The first-order chi connectivity index (χ1) is 6.61. The van der Waals surface area contributed by atoms with Crippen LogP contribution in [0.15, 0.2) is 0 Å². The van der Waals surface area contributed by atoms with Crippen molar-refractivity contribution in [1.29, 1.82) is 0 Å². The molecule has 3 atom stereocenters. The van der Waals surface area contributed by atoms with Gasteiger partial charge in [-0.2, -0.15) is 0 Å². The molecule has 0 aromatic carbocycles. The zero-order valence-electron chi connectivity index (χ0n) is 9.05. The second-order valence-electron chi connectivity index (χ2n) is 4.38. The molecule has 0 aromatic heterocycles. The van der Waals surface area contributed by atoms with E-state index in [9.17, 15) is 4.79 Å². The molecule has 3 unspecified atom stereocenters. The SMILES string of the molecule is CC(Cl)CCNC(=O)C1CCCC1C. The van der Waals surface area contributed by atoms with E-state index < -0.39 is 0 Å². The maximum absolute atomic E-state index is 11.7. The van der Waals surface area contributed by atoms with Gasteiger partial charge in [0.2, 0.25) is 5.91 Å². The number of amides is 1. The number of nitrogens with one attached hydrogen (secondary N) is 1. The van der Waals surface area contributed by atoms with Crippen LogP contribution in [-0.4, -0.2) is 17.8 Å². The van der Waals surface area contributed by atoms with Gasteiger partial charge < -0.3 is 5.32 Å². The second-order valence-corrected chi connectivity index (χ2v) is 5.12. The van der Waals surface area contributed by atoms with Gasteiger partial charge >= 0.3 is 0 Å². The molecule has 3 heteroatoms. The molecule has 0 radical (unpaired) electrons. The molecule has 1 aliphatic rings. The highest BCUT2D eigenvalue weighted by molar-refractivity contribution is 6.20. The number of halogens is 1. The Labute approximate surface area is 91.4 Å². The zero-order chi connectivity index (χ0) is 10.6. The minimum Gasteiger partial charge on any atom is -0.356 e. The van der Waals surface area contributed by atoms with E-state index in [1.807, 2.05) is 6.92 Å². The Bertz CT molecular complexity index is 194. The molecule has 1 rings (SSSR count). The van der Waals surface area contributed by atoms with Crippen molar-refractivity contribution < 1.29 is 4.79 Å². The molecule has 1 saturated carbocycles. The lowest BCUT2D eigenvalue weighted by atomic mass is 9.97. The van der Waals surface area contributed by atoms with Gasteiger partial charge in [0.25, 0.3) is 0 Å². The highest BCUT2D eigenvalue weighted by Crippen LogP contribution is 2.31. The Balaban J connectivity index is 2.21. The van der Waals surface area contributed by atoms with Crippen LogP contribution in [-0.2, 0) is 4.79 Å². The Hall–Kier alpha value is -0.240. The number of carbonyl (C=O) groups excluding carboxylic acids is 1. The predicted molar refractivity (Wildman–Crippen MR) is 59.4 cm³/mol. The van der Waals surface area contributed by atoms with Crippen molar-refractivity contribution in [3.8, 4) is 0 Å². The highest BCUT2D eigenvalue weighted by Gasteiger charge is 2.29. The average Bonchev–Trinajstić information content (AvgIpc) is 2.50. The Morgan fingerprint density at radius 1 is 1.57 bits per heavy atom. The van der Waals surface area contributed by atoms with E-state index in [1.165, 1.54) is 12.8 Å². The molecule has 1 N–H and O–H groups in total. The Morgan fingerprint density at radius 2 is 2.29 bits per heavy atom. The van der Waals surface area contributed by atoms with Crippen molar-refractivity contribution in [2.24, 2.45) is 11.8 Å². The monoisotopic (exact) mass is 217 g/mol. The van der Waals surface area contributed by atoms with Gasteiger partial charge in [0.15, 0.2) is 0 Å². The maximum atomic E-state index is 11.7. The maximum Gasteiger partial charge on any atom is 0.223 e. The summed E-state index contributed by atoms with van der Waals surface area (Å²) in [6.45, 7) is 4.83. The molecular weight excluding hydrogens is 198 g/mol. The molecule has 1 fully saturated rings. The van der Waals surface area contributed by atoms with E-state index in [0.717, 1.165) is 12.8 Å². The van der Waals surface area contributed by atoms with E-state index >= 15 is 0 Å². The molecule has 82 valence electrons. The lowest BCUT2D eigenvalue weighted by molar-refractivity contribution is -0.125. The molecule has 0 aliphatic heterocycles. The van der Waals surface area contributed by atoms with Crippen molar-refractivity contribution in [2.75, 3.05) is 6.54 Å². The summed E-state index contributed by atoms with van der Waals surface area (Å²) in [4.78, 5) is 11.7. The summed E-state index contributed by atoms with van der Waals surface area (Å²) in [5, 5.41) is 3.11. The molecule has 0 saturated heterocycles. The first kappa shape index (κ1) is 11.8. The van der Waals surface area contributed by atoms with Crippen LogP contribution in [0.3, 0.4) is 0 Å². The van der Waals surface area contributed by atoms with Crippen molar-refractivity contribution >= 4 is 17.5 Å². The van der Waals surface area contributed by atoms with Crippen LogP contribution in [0.2, 0.25) is 0 Å². The predicted octanol–water partition coefficient (Wildman–Crippen LogP) is 2.56. The minimum atomic E-state index is 0.149. The average molecular weight is 218 g/mol. The number of hydrogen-bond donors (Lipinski definition) is 1. The van der Waals surface area contributed by atoms with Crippen LogP contribution in [0.25, 0.3) is 0 Å². The largest absolute Gasteiger partial charge is 0.356 e. The molecule has 2 nitrogen and oxygen atoms in total. The first-order valence-electron chi connectivity index (χ1n) is 5.53. The number of rotatable bonds is 4. The lowest BCUT2D eigenvalue weighted by Crippen LogP contribution is -2.33. The normalized spacial score (nSPS) is 28.8. The van der Waals surface area contributed by atoms with Crippen LogP contribution >= 0.6 is 11.6 Å². The smallest absolute Gasteiger partial charge is 0.223 e. The van der Waals surface area contributed by atoms with Gasteiger partial charge in [0, 0.05) is 17.8 Å². The molecule has 0 bridgehead atoms. The lowest BCUT2D eigenvalue weighted by Gasteiger charge is -2.15. The standard InChI is InChI=1S/C11H20ClNO/c1-8-4-3-5-10(8)11(14)13-7-6-9(2)12/h8-10H,3-7H2,1-2H3,(H,13,14). The van der Waals surface area contributed by atoms with Crippen molar-refractivity contribution in [3.05, 3.63) is 0 Å². The molecular formula is C11H20ClNO. The summed E-state index contributed by atoms with van der Waals surface area (Å²) in [5.74, 6) is 1.04. The third kappa shape index (κ3) is 3.49. The van der Waals surface area contributed by atoms with E-state index in [-0.39, 0.29) is 17.2 Å². The zero-order valence-corrected chi connectivity index (χ0v) is 9.81. The van der Waals surface area contributed by atoms with Gasteiger partial charge in [-0.15, -0.1) is 11.6 Å². The fourth-order valence-corrected chi connectivity index (χ4v) is 2.17. The second kappa shape index (κ2) is 5.59. The quantitative estimate of drug-likeness (QED) is 0.721. The topological polar surface area (TPSA) is 29.1 Å². The van der Waals surface area contributed by atoms with Crippen LogP contribution in [0.5, 0.6) is 0 Å². The van der Waals surface area contributed by atoms with E-state index in [0.29, 0.717) is 12.5 Å². The number of hydrogen-bond acceptors (Lipinski definition) is 1. The summed E-state index contributed by atoms with van der Waals surface area (Å²) in [7, 11) is 0. The van der Waals surface area contributed by atoms with Crippen molar-refractivity contribution in [2.45, 2.75) is 44.9 Å². The molecule has 1 amide bonds. The molecule has 0 aromatic rings. The number of alkyl halides is 1. The van der Waals surface area contributed by atoms with Crippen LogP contribution in [0.4, 0.5) is 0 Å². The molecule has 14 heavy (non-hydrogen) atoms. The Kier molecular flexibility index (Phi) is 4.73. The van der Waals surface area contributed by atoms with Crippen molar-refractivity contribution in [1.82, 2.24) is 5.32 Å². The van der Waals surface area contributed by atoms with E-state index in [4.69, 9.17) is 11.6 Å². The number of carbonyl (C=O) groups is 1. The summed E-state index contributed by atoms with van der Waals surface area (Å²) in [6.07, 6.45) is 4.31. The van der Waals surface area contributed by atoms with Gasteiger partial charge in [0.1, 0.15) is 0 Å². The van der Waals surface area contributed by atoms with Gasteiger partial charge in [-0.25, -0.2) is 0 Å². The van der Waals surface area contributed by atoms with Crippen LogP contribution < -0.4 is 5.32 Å². The third-order valence-corrected chi connectivity index (χ3v) is 3.26. The summed E-state index contributed by atoms with van der Waals surface area (Å²) < 4.78 is 0. The van der Waals surface area contributed by atoms with Gasteiger partial charge in [-0.05, 0) is 32.1 Å². The van der Waals surface area contributed by atoms with Gasteiger partial charge in [-0.1, -0.05) is 13.3 Å². The fourth-order valence-electron chi connectivity index (χ4n) is 2.06. The fraction of sp³-hybridized carbons (Fsp3) is 0.909. The van der Waals surface area contributed by atoms with Crippen LogP contribution in [0.1, 0.15) is 39.5 Å². The highest BCUT2D eigenvalue weighted by atomic mass is 35.5. The summed E-state index contributed by atoms with van der Waals surface area (Å²) >= 11 is 5.80. The summed E-state index contributed by atoms with van der Waals surface area (Å²) in [5.41, 5.74) is 0.